The van der Waals surface area contributed by atoms with Crippen LogP contribution in [-0.4, -0.2) is 53.2 Å². The molecule has 1 aliphatic rings. The fourth-order valence-corrected chi connectivity index (χ4v) is 3.87. The maximum absolute atomic E-state index is 13.0. The maximum Gasteiger partial charge on any atom is 0.295 e. The SMILES string of the molecule is COCCN1C(=O)C(=O)/C(=C(\O)c2ccc(OC(C)C)c(C)c2)C1c1ccc(O)c(Cl)c1. The number of methoxy groups -OCH3 is 1. The summed E-state index contributed by atoms with van der Waals surface area (Å²) in [5.41, 5.74) is 1.60. The van der Waals surface area contributed by atoms with E-state index in [0.29, 0.717) is 16.9 Å². The average Bonchev–Trinajstić information content (AvgIpc) is 2.99. The number of aryl methyl sites for hydroxylation is 1. The Morgan fingerprint density at radius 1 is 1.19 bits per heavy atom. The van der Waals surface area contributed by atoms with Gasteiger partial charge in [-0.2, -0.15) is 0 Å². The van der Waals surface area contributed by atoms with Crippen molar-refractivity contribution >= 4 is 29.1 Å². The number of nitrogens with zero attached hydrogens (tertiary/aromatic N) is 1. The molecular weight excluding hydrogens is 434 g/mol. The first kappa shape index (κ1) is 23.6. The Morgan fingerprint density at radius 3 is 2.50 bits per heavy atom. The summed E-state index contributed by atoms with van der Waals surface area (Å²) in [6, 6.07) is 8.62. The first-order valence-corrected chi connectivity index (χ1v) is 10.6. The van der Waals surface area contributed by atoms with Gasteiger partial charge in [0.25, 0.3) is 11.7 Å². The molecule has 1 saturated heterocycles. The van der Waals surface area contributed by atoms with Gasteiger partial charge in [-0.25, -0.2) is 0 Å². The third-order valence-corrected chi connectivity index (χ3v) is 5.48. The molecule has 170 valence electrons. The Hall–Kier alpha value is -3.03. The van der Waals surface area contributed by atoms with Crippen molar-refractivity contribution in [1.29, 1.82) is 0 Å². The van der Waals surface area contributed by atoms with Crippen LogP contribution >= 0.6 is 11.6 Å². The number of amides is 1. The van der Waals surface area contributed by atoms with Gasteiger partial charge in [0.15, 0.2) is 0 Å². The van der Waals surface area contributed by atoms with Gasteiger partial charge >= 0.3 is 0 Å². The van der Waals surface area contributed by atoms with E-state index >= 15 is 0 Å². The highest BCUT2D eigenvalue weighted by Gasteiger charge is 2.46. The van der Waals surface area contributed by atoms with E-state index in [0.717, 1.165) is 5.56 Å². The highest BCUT2D eigenvalue weighted by atomic mass is 35.5. The fourth-order valence-electron chi connectivity index (χ4n) is 3.68. The van der Waals surface area contributed by atoms with E-state index in [9.17, 15) is 19.8 Å². The molecule has 1 unspecified atom stereocenters. The summed E-state index contributed by atoms with van der Waals surface area (Å²) in [4.78, 5) is 27.1. The molecule has 0 aliphatic carbocycles. The van der Waals surface area contributed by atoms with E-state index in [-0.39, 0.29) is 41.4 Å². The largest absolute Gasteiger partial charge is 0.507 e. The second-order valence-electron chi connectivity index (χ2n) is 7.84. The summed E-state index contributed by atoms with van der Waals surface area (Å²) in [7, 11) is 1.49. The topological polar surface area (TPSA) is 96.3 Å². The number of Topliss-reactive ketones (excluding diaryl/α,β-unsaturated/α-hetero) is 1. The number of hydrogen-bond acceptors (Lipinski definition) is 6. The van der Waals surface area contributed by atoms with Crippen LogP contribution in [0, 0.1) is 6.92 Å². The van der Waals surface area contributed by atoms with Crippen LogP contribution in [0.2, 0.25) is 5.02 Å². The van der Waals surface area contributed by atoms with Crippen molar-refractivity contribution in [2.75, 3.05) is 20.3 Å². The van der Waals surface area contributed by atoms with E-state index < -0.39 is 17.7 Å². The average molecular weight is 460 g/mol. The van der Waals surface area contributed by atoms with Crippen molar-refractivity contribution in [3.8, 4) is 11.5 Å². The summed E-state index contributed by atoms with van der Waals surface area (Å²) in [6.45, 7) is 6.01. The lowest BCUT2D eigenvalue weighted by atomic mass is 9.94. The zero-order valence-corrected chi connectivity index (χ0v) is 19.1. The molecule has 0 radical (unpaired) electrons. The summed E-state index contributed by atoms with van der Waals surface area (Å²) in [5.74, 6) is -1.29. The molecule has 8 heteroatoms. The van der Waals surface area contributed by atoms with Gasteiger partial charge < -0.3 is 24.6 Å². The minimum atomic E-state index is -0.879. The molecule has 0 saturated carbocycles. The molecule has 32 heavy (non-hydrogen) atoms. The number of phenolic OH excluding ortho intramolecular Hbond substituents is 1. The predicted molar refractivity (Wildman–Crippen MR) is 121 cm³/mol. The maximum atomic E-state index is 13.0. The van der Waals surface area contributed by atoms with Gasteiger partial charge in [0.1, 0.15) is 17.3 Å². The summed E-state index contributed by atoms with van der Waals surface area (Å²) >= 11 is 6.09. The van der Waals surface area contributed by atoms with Gasteiger partial charge in [-0.05, 0) is 62.2 Å². The summed E-state index contributed by atoms with van der Waals surface area (Å²) < 4.78 is 10.8. The highest BCUT2D eigenvalue weighted by Crippen LogP contribution is 2.41. The van der Waals surface area contributed by atoms with Crippen LogP contribution in [-0.2, 0) is 14.3 Å². The lowest BCUT2D eigenvalue weighted by Crippen LogP contribution is -2.32. The van der Waals surface area contributed by atoms with Crippen LogP contribution in [0.5, 0.6) is 11.5 Å². The van der Waals surface area contributed by atoms with E-state index in [2.05, 4.69) is 0 Å². The number of aliphatic hydroxyl groups excluding tert-OH is 1. The molecule has 1 fully saturated rings. The second kappa shape index (κ2) is 9.63. The number of phenols is 1. The Bertz CT molecular complexity index is 1080. The monoisotopic (exact) mass is 459 g/mol. The number of ketones is 1. The van der Waals surface area contributed by atoms with Gasteiger partial charge in [-0.15, -0.1) is 0 Å². The Kier molecular flexibility index (Phi) is 7.11. The molecule has 1 atom stereocenters. The summed E-state index contributed by atoms with van der Waals surface area (Å²) in [6.07, 6.45) is -0.0153. The predicted octanol–water partition coefficient (Wildman–Crippen LogP) is 4.21. The van der Waals surface area contributed by atoms with Crippen LogP contribution in [0.1, 0.15) is 36.6 Å². The fraction of sp³-hybridized carbons (Fsp3) is 0.333. The van der Waals surface area contributed by atoms with Crippen LogP contribution in [0.15, 0.2) is 42.0 Å². The van der Waals surface area contributed by atoms with E-state index in [1.54, 1.807) is 24.3 Å². The summed E-state index contributed by atoms with van der Waals surface area (Å²) in [5, 5.41) is 21.0. The number of benzene rings is 2. The van der Waals surface area contributed by atoms with Crippen molar-refractivity contribution < 1.29 is 29.3 Å². The molecule has 0 aromatic heterocycles. The minimum Gasteiger partial charge on any atom is -0.507 e. The standard InChI is InChI=1S/C24H26ClNO6/c1-13(2)32-19-8-6-16(11-14(19)3)22(28)20-21(15-5-7-18(27)17(25)12-15)26(9-10-31-4)24(30)23(20)29/h5-8,11-13,21,27-28H,9-10H2,1-4H3/b22-20-. The smallest absolute Gasteiger partial charge is 0.295 e. The molecule has 3 rings (SSSR count). The highest BCUT2D eigenvalue weighted by molar-refractivity contribution is 6.46. The number of halogens is 1. The zero-order valence-electron chi connectivity index (χ0n) is 18.4. The molecule has 2 aromatic rings. The lowest BCUT2D eigenvalue weighted by molar-refractivity contribution is -0.140. The molecular formula is C24H26ClNO6. The third kappa shape index (κ3) is 4.59. The molecule has 2 aromatic carbocycles. The van der Waals surface area contributed by atoms with Crippen LogP contribution in [0.4, 0.5) is 0 Å². The Labute approximate surface area is 191 Å². The van der Waals surface area contributed by atoms with Gasteiger partial charge in [0.2, 0.25) is 0 Å². The van der Waals surface area contributed by atoms with Gasteiger partial charge in [-0.1, -0.05) is 17.7 Å². The Morgan fingerprint density at radius 2 is 1.91 bits per heavy atom. The minimum absolute atomic E-state index is 0.0153. The second-order valence-corrected chi connectivity index (χ2v) is 8.25. The van der Waals surface area contributed by atoms with Gasteiger partial charge in [-0.3, -0.25) is 9.59 Å². The van der Waals surface area contributed by atoms with Crippen LogP contribution in [0.3, 0.4) is 0 Å². The van der Waals surface area contributed by atoms with E-state index in [1.807, 2.05) is 20.8 Å². The van der Waals surface area contributed by atoms with Crippen LogP contribution in [0.25, 0.3) is 5.76 Å². The molecule has 1 heterocycles. The van der Waals surface area contributed by atoms with Crippen LogP contribution < -0.4 is 4.74 Å². The molecule has 7 nitrogen and oxygen atoms in total. The van der Waals surface area contributed by atoms with E-state index in [1.165, 1.54) is 24.1 Å². The normalized spacial score (nSPS) is 17.9. The van der Waals surface area contributed by atoms with Crippen molar-refractivity contribution in [1.82, 2.24) is 4.90 Å². The zero-order chi connectivity index (χ0) is 23.6. The van der Waals surface area contributed by atoms with Crippen molar-refractivity contribution in [3.05, 3.63) is 63.7 Å². The van der Waals surface area contributed by atoms with Crippen molar-refractivity contribution in [2.45, 2.75) is 32.9 Å². The number of ether oxygens (including phenoxy) is 2. The number of carbonyl (C=O) groups excluding carboxylic acids is 2. The molecule has 2 N–H and O–H groups in total. The number of rotatable bonds is 7. The lowest BCUT2D eigenvalue weighted by Gasteiger charge is -2.25. The first-order valence-electron chi connectivity index (χ1n) is 10.2. The number of carbonyl (C=O) groups is 2. The number of aromatic hydroxyl groups is 1. The Balaban J connectivity index is 2.14. The third-order valence-electron chi connectivity index (χ3n) is 5.17. The number of aliphatic hydroxyl groups is 1. The molecule has 1 amide bonds. The number of hydrogen-bond donors (Lipinski definition) is 2. The van der Waals surface area contributed by atoms with Gasteiger partial charge in [0.05, 0.1) is 29.3 Å². The van der Waals surface area contributed by atoms with Gasteiger partial charge in [0, 0.05) is 19.2 Å². The first-order chi connectivity index (χ1) is 15.1. The molecule has 0 spiro atoms. The van der Waals surface area contributed by atoms with Crippen molar-refractivity contribution in [2.24, 2.45) is 0 Å². The van der Waals surface area contributed by atoms with E-state index in [4.69, 9.17) is 21.1 Å². The molecule has 1 aliphatic heterocycles. The quantitative estimate of drug-likeness (QED) is 0.366. The van der Waals surface area contributed by atoms with Crippen molar-refractivity contribution in [3.63, 3.8) is 0 Å². The molecule has 0 bridgehead atoms. The number of likely N-dealkylation sites (tertiary alicyclic amines) is 1.